The van der Waals surface area contributed by atoms with Crippen molar-refractivity contribution in [3.8, 4) is 26.9 Å². The van der Waals surface area contributed by atoms with Crippen LogP contribution in [0.15, 0.2) is 54.3 Å². The molecule has 0 aliphatic heterocycles. The first-order valence-corrected chi connectivity index (χ1v) is 14.3. The van der Waals surface area contributed by atoms with Crippen LogP contribution >= 0.6 is 22.7 Å². The van der Waals surface area contributed by atoms with E-state index in [1.807, 2.05) is 0 Å². The molecule has 222 valence electrons. The van der Waals surface area contributed by atoms with Crippen LogP contribution in [0.4, 0.5) is 30.2 Å². The molecule has 0 bridgehead atoms. The quantitative estimate of drug-likeness (QED) is 0.131. The molecule has 3 aromatic heterocycles. The Labute approximate surface area is 251 Å². The lowest BCUT2D eigenvalue weighted by molar-refractivity contribution is 0.102. The van der Waals surface area contributed by atoms with Gasteiger partial charge in [-0.25, -0.2) is 28.5 Å². The number of halogens is 2. The van der Waals surface area contributed by atoms with Crippen LogP contribution in [0, 0.1) is 11.6 Å². The van der Waals surface area contributed by atoms with E-state index < -0.39 is 29.6 Å². The fraction of sp³-hybridized carbons (Fsp3) is 0.148. The highest BCUT2D eigenvalue weighted by molar-refractivity contribution is 7.23. The van der Waals surface area contributed by atoms with Crippen molar-refractivity contribution in [2.24, 2.45) is 0 Å². The summed E-state index contributed by atoms with van der Waals surface area (Å²) in [6.45, 7) is -0.300. The molecule has 2 aromatic carbocycles. The number of hydrogen-bond acceptors (Lipinski definition) is 10. The Kier molecular flexibility index (Phi) is 8.89. The minimum absolute atomic E-state index is 0.0435. The number of aromatic amines is 1. The molecule has 7 N–H and O–H groups in total. The number of thiazole rings is 2. The van der Waals surface area contributed by atoms with Crippen molar-refractivity contribution in [2.45, 2.75) is 12.5 Å². The zero-order valence-corrected chi connectivity index (χ0v) is 24.0. The molecule has 0 unspecified atom stereocenters. The third-order valence-corrected chi connectivity index (χ3v) is 8.04. The van der Waals surface area contributed by atoms with Crippen LogP contribution in [0.5, 0.6) is 5.75 Å². The molecule has 3 heterocycles. The molecule has 43 heavy (non-hydrogen) atoms. The van der Waals surface area contributed by atoms with Gasteiger partial charge in [0, 0.05) is 40.9 Å². The molecule has 0 fully saturated rings. The van der Waals surface area contributed by atoms with Gasteiger partial charge in [0.1, 0.15) is 33.1 Å². The van der Waals surface area contributed by atoms with Crippen molar-refractivity contribution >= 4 is 51.2 Å². The van der Waals surface area contributed by atoms with Gasteiger partial charge in [-0.05, 0) is 24.3 Å². The van der Waals surface area contributed by atoms with Crippen molar-refractivity contribution in [2.75, 3.05) is 30.1 Å². The molecular formula is C27H24F2N8O4S2. The fourth-order valence-electron chi connectivity index (χ4n) is 3.98. The van der Waals surface area contributed by atoms with Crippen LogP contribution in [0.2, 0.25) is 0 Å². The normalized spacial score (nSPS) is 11.6. The number of aromatic nitrogens is 4. The van der Waals surface area contributed by atoms with Gasteiger partial charge in [0.05, 0.1) is 37.5 Å². The molecule has 0 spiro atoms. The van der Waals surface area contributed by atoms with E-state index in [1.54, 1.807) is 23.7 Å². The Hall–Kier alpha value is -4.93. The van der Waals surface area contributed by atoms with Gasteiger partial charge in [0.25, 0.3) is 5.91 Å². The van der Waals surface area contributed by atoms with Gasteiger partial charge in [-0.3, -0.25) is 10.1 Å². The average molecular weight is 627 g/mol. The summed E-state index contributed by atoms with van der Waals surface area (Å²) in [5.74, 6) is -1.91. The second-order valence-electron chi connectivity index (χ2n) is 9.03. The second-order valence-corrected chi connectivity index (χ2v) is 10.9. The Balaban J connectivity index is 1.30. The number of aliphatic hydroxyl groups is 1. The number of carbonyl (C=O) groups excluding carboxylic acids is 2. The number of nitrogens with one attached hydrogen (secondary N) is 4. The Morgan fingerprint density at radius 2 is 2.00 bits per heavy atom. The number of ether oxygens (including phenoxy) is 1. The van der Waals surface area contributed by atoms with Gasteiger partial charge in [0.15, 0.2) is 5.13 Å². The van der Waals surface area contributed by atoms with Gasteiger partial charge in [-0.1, -0.05) is 17.4 Å². The number of anilines is 3. The van der Waals surface area contributed by atoms with Gasteiger partial charge in [-0.15, -0.1) is 11.3 Å². The van der Waals surface area contributed by atoms with Gasteiger partial charge < -0.3 is 31.2 Å². The molecule has 5 rings (SSSR count). The number of urea groups is 1. The third-order valence-electron chi connectivity index (χ3n) is 6.06. The molecule has 0 aliphatic carbocycles. The number of nitrogen functional groups attached to an aromatic ring is 1. The number of aliphatic hydroxyl groups excluding tert-OH is 1. The Morgan fingerprint density at radius 3 is 2.74 bits per heavy atom. The number of methoxy groups -OCH3 is 1. The summed E-state index contributed by atoms with van der Waals surface area (Å²) in [4.78, 5) is 41.1. The van der Waals surface area contributed by atoms with Gasteiger partial charge in [0.2, 0.25) is 0 Å². The van der Waals surface area contributed by atoms with Crippen molar-refractivity contribution in [3.63, 3.8) is 0 Å². The molecule has 16 heteroatoms. The van der Waals surface area contributed by atoms with Crippen molar-refractivity contribution < 1.29 is 28.2 Å². The predicted octanol–water partition coefficient (Wildman–Crippen LogP) is 4.50. The highest BCUT2D eigenvalue weighted by Gasteiger charge is 2.21. The van der Waals surface area contributed by atoms with Crippen LogP contribution in [0.25, 0.3) is 21.1 Å². The SMILES string of the molecule is COc1cccc(C(=O)Nc2cc(-c3csc(-c4sc(NC(=O)N[C@H](CO)Cc5cnc[nH]5)nc4N)n3)c(F)cc2F)c1. The number of rotatable bonds is 10. The summed E-state index contributed by atoms with van der Waals surface area (Å²) in [6.07, 6.45) is 3.43. The number of benzene rings is 2. The van der Waals surface area contributed by atoms with Crippen molar-refractivity contribution in [3.05, 3.63) is 77.2 Å². The second kappa shape index (κ2) is 12.9. The van der Waals surface area contributed by atoms with Gasteiger partial charge in [-0.2, -0.15) is 0 Å². The Morgan fingerprint density at radius 1 is 1.16 bits per heavy atom. The number of nitrogens with zero attached hydrogens (tertiary/aromatic N) is 3. The van der Waals surface area contributed by atoms with Crippen LogP contribution in [0.1, 0.15) is 16.1 Å². The van der Waals surface area contributed by atoms with Crippen LogP contribution in [-0.4, -0.2) is 56.7 Å². The summed E-state index contributed by atoms with van der Waals surface area (Å²) in [5, 5.41) is 19.4. The summed E-state index contributed by atoms with van der Waals surface area (Å²) in [6, 6.07) is 6.95. The number of carbonyl (C=O) groups is 2. The lowest BCUT2D eigenvalue weighted by atomic mass is 10.1. The first kappa shape index (κ1) is 29.6. The van der Waals surface area contributed by atoms with E-state index in [0.29, 0.717) is 28.1 Å². The maximum Gasteiger partial charge on any atom is 0.321 e. The third kappa shape index (κ3) is 6.94. The molecule has 0 saturated heterocycles. The van der Waals surface area contributed by atoms with E-state index in [1.165, 1.54) is 25.6 Å². The number of H-pyrrole nitrogens is 1. The molecule has 0 aliphatic rings. The number of hydrogen-bond donors (Lipinski definition) is 6. The highest BCUT2D eigenvalue weighted by atomic mass is 32.1. The molecule has 0 saturated carbocycles. The largest absolute Gasteiger partial charge is 0.497 e. The standard InChI is InChI=1S/C27H24F2N8O4S2/c1-41-16-4-2-3-13(5-16)24(39)34-20-7-17(18(28)8-19(20)29)21-11-42-25(35-21)22-23(30)36-27(43-22)37-26(40)33-15(10-38)6-14-9-31-12-32-14/h2-5,7-9,11-12,15,38H,6,10,30H2,1H3,(H,31,32)(H,34,39)(H2,33,36,37,40)/t15-/m0/s1. The zero-order valence-electron chi connectivity index (χ0n) is 22.4. The monoisotopic (exact) mass is 626 g/mol. The minimum atomic E-state index is -0.957. The summed E-state index contributed by atoms with van der Waals surface area (Å²) in [7, 11) is 1.46. The van der Waals surface area contributed by atoms with E-state index >= 15 is 0 Å². The highest BCUT2D eigenvalue weighted by Crippen LogP contribution is 2.39. The number of imidazole rings is 1. The zero-order chi connectivity index (χ0) is 30.5. The van der Waals surface area contributed by atoms with Gasteiger partial charge >= 0.3 is 6.03 Å². The van der Waals surface area contributed by atoms with Crippen LogP contribution < -0.4 is 26.4 Å². The lowest BCUT2D eigenvalue weighted by Crippen LogP contribution is -2.41. The number of amides is 3. The molecule has 12 nitrogen and oxygen atoms in total. The minimum Gasteiger partial charge on any atom is -0.497 e. The van der Waals surface area contributed by atoms with E-state index in [9.17, 15) is 23.5 Å². The average Bonchev–Trinajstić information content (AvgIpc) is 3.76. The first-order chi connectivity index (χ1) is 20.7. The Bertz CT molecular complexity index is 1760. The van der Waals surface area contributed by atoms with E-state index in [2.05, 4.69) is 35.9 Å². The maximum absolute atomic E-state index is 14.8. The van der Waals surface area contributed by atoms with Crippen LogP contribution in [-0.2, 0) is 6.42 Å². The molecule has 1 atom stereocenters. The molecule has 3 amide bonds. The van der Waals surface area contributed by atoms with Crippen molar-refractivity contribution in [1.29, 1.82) is 0 Å². The maximum atomic E-state index is 14.8. The molecular weight excluding hydrogens is 602 g/mol. The van der Waals surface area contributed by atoms with Crippen LogP contribution in [0.3, 0.4) is 0 Å². The summed E-state index contributed by atoms with van der Waals surface area (Å²) < 4.78 is 34.6. The van der Waals surface area contributed by atoms with E-state index in [-0.39, 0.29) is 40.1 Å². The fourth-order valence-corrected chi connectivity index (χ4v) is 5.78. The lowest BCUT2D eigenvalue weighted by Gasteiger charge is -2.15. The summed E-state index contributed by atoms with van der Waals surface area (Å²) >= 11 is 2.19. The summed E-state index contributed by atoms with van der Waals surface area (Å²) in [5.41, 5.74) is 6.95. The number of nitrogens with two attached hydrogens (primary N) is 1. The smallest absolute Gasteiger partial charge is 0.321 e. The van der Waals surface area contributed by atoms with Crippen molar-refractivity contribution in [1.82, 2.24) is 25.3 Å². The molecule has 5 aromatic rings. The van der Waals surface area contributed by atoms with E-state index in [4.69, 9.17) is 10.5 Å². The predicted molar refractivity (Wildman–Crippen MR) is 159 cm³/mol. The molecule has 0 radical (unpaired) electrons. The van der Waals surface area contributed by atoms with E-state index in [0.717, 1.165) is 34.4 Å². The topological polar surface area (TPSA) is 180 Å². The first-order valence-electron chi connectivity index (χ1n) is 12.6.